The fourth-order valence-corrected chi connectivity index (χ4v) is 2.65. The molecule has 0 saturated heterocycles. The van der Waals surface area contributed by atoms with Crippen molar-refractivity contribution in [1.82, 2.24) is 29.9 Å². The Kier molecular flexibility index (Phi) is 6.14. The van der Waals surface area contributed by atoms with Crippen LogP contribution in [0.25, 0.3) is 5.65 Å². The van der Waals surface area contributed by atoms with E-state index in [0.29, 0.717) is 24.4 Å². The van der Waals surface area contributed by atoms with Gasteiger partial charge in [-0.25, -0.2) is 14.8 Å². The summed E-state index contributed by atoms with van der Waals surface area (Å²) in [4.78, 5) is 21.0. The molecule has 27 heavy (non-hydrogen) atoms. The van der Waals surface area contributed by atoms with Gasteiger partial charge in [0.25, 0.3) is 0 Å². The van der Waals surface area contributed by atoms with Crippen molar-refractivity contribution in [3.8, 4) is 0 Å². The summed E-state index contributed by atoms with van der Waals surface area (Å²) < 4.78 is 1.74. The van der Waals surface area contributed by atoms with Crippen LogP contribution in [0.5, 0.6) is 0 Å². The monoisotopic (exact) mass is 368 g/mol. The van der Waals surface area contributed by atoms with E-state index >= 15 is 0 Å². The lowest BCUT2D eigenvalue weighted by atomic mass is 10.2. The molecule has 3 rings (SSSR count). The number of hydrogen-bond acceptors (Lipinski definition) is 6. The summed E-state index contributed by atoms with van der Waals surface area (Å²) in [5.74, 6) is 1.63. The van der Waals surface area contributed by atoms with Crippen molar-refractivity contribution in [2.24, 2.45) is 0 Å². The van der Waals surface area contributed by atoms with Crippen LogP contribution in [-0.2, 0) is 6.42 Å². The lowest BCUT2D eigenvalue weighted by Crippen LogP contribution is -2.32. The first-order chi connectivity index (χ1) is 13.2. The minimum Gasteiger partial charge on any atom is -0.368 e. The number of carbonyl (C=O) groups is 1. The van der Waals surface area contributed by atoms with Gasteiger partial charge in [-0.2, -0.15) is 0 Å². The third-order valence-corrected chi connectivity index (χ3v) is 3.94. The largest absolute Gasteiger partial charge is 0.368 e. The molecule has 9 heteroatoms. The van der Waals surface area contributed by atoms with E-state index in [4.69, 9.17) is 0 Å². The molecule has 0 atom stereocenters. The van der Waals surface area contributed by atoms with Gasteiger partial charge in [-0.3, -0.25) is 4.40 Å². The van der Waals surface area contributed by atoms with E-state index in [9.17, 15) is 4.79 Å². The van der Waals surface area contributed by atoms with Crippen LogP contribution in [-0.4, -0.2) is 43.7 Å². The van der Waals surface area contributed by atoms with E-state index in [2.05, 4.69) is 43.0 Å². The van der Waals surface area contributed by atoms with E-state index in [1.807, 2.05) is 25.3 Å². The van der Waals surface area contributed by atoms with E-state index < -0.39 is 0 Å². The van der Waals surface area contributed by atoms with Crippen LogP contribution in [0.2, 0.25) is 0 Å². The molecule has 2 amide bonds. The van der Waals surface area contributed by atoms with Gasteiger partial charge in [0.15, 0.2) is 5.65 Å². The second kappa shape index (κ2) is 8.93. The second-order valence-electron chi connectivity index (χ2n) is 6.21. The number of urea groups is 1. The van der Waals surface area contributed by atoms with Crippen LogP contribution in [0, 0.1) is 6.92 Å². The molecule has 3 aromatic heterocycles. The fraction of sp³-hybridized carbons (Fsp3) is 0.389. The van der Waals surface area contributed by atoms with Crippen molar-refractivity contribution in [3.63, 3.8) is 0 Å². The highest BCUT2D eigenvalue weighted by molar-refractivity contribution is 5.92. The average molecular weight is 368 g/mol. The van der Waals surface area contributed by atoms with Crippen LogP contribution in [0.1, 0.15) is 31.3 Å². The van der Waals surface area contributed by atoms with Crippen LogP contribution in [0.15, 0.2) is 30.7 Å². The zero-order chi connectivity index (χ0) is 19.1. The Morgan fingerprint density at radius 3 is 3.00 bits per heavy atom. The highest BCUT2D eigenvalue weighted by atomic mass is 16.2. The number of pyridine rings is 1. The predicted octanol–water partition coefficient (Wildman–Crippen LogP) is 2.40. The number of amides is 2. The average Bonchev–Trinajstić information content (AvgIpc) is 3.13. The minimum atomic E-state index is -0.296. The highest BCUT2D eigenvalue weighted by Crippen LogP contribution is 2.13. The number of fused-ring (bicyclic) bond motifs is 1. The van der Waals surface area contributed by atoms with Gasteiger partial charge < -0.3 is 16.0 Å². The summed E-state index contributed by atoms with van der Waals surface area (Å²) in [6, 6.07) is 5.21. The molecule has 0 spiro atoms. The molecule has 142 valence electrons. The maximum atomic E-state index is 12.1. The molecule has 9 nitrogen and oxygen atoms in total. The van der Waals surface area contributed by atoms with E-state index in [1.54, 1.807) is 16.8 Å². The summed E-state index contributed by atoms with van der Waals surface area (Å²) in [6.07, 6.45) is 6.47. The Bertz CT molecular complexity index is 907. The minimum absolute atomic E-state index is 0.296. The summed E-state index contributed by atoms with van der Waals surface area (Å²) in [5.41, 5.74) is 2.14. The molecular weight excluding hydrogens is 344 g/mol. The molecule has 0 unspecified atom stereocenters. The van der Waals surface area contributed by atoms with Gasteiger partial charge in [0.05, 0.1) is 5.69 Å². The first kappa shape index (κ1) is 18.6. The summed E-state index contributed by atoms with van der Waals surface area (Å²) in [7, 11) is 0. The number of hydrogen-bond donors (Lipinski definition) is 3. The van der Waals surface area contributed by atoms with E-state index in [0.717, 1.165) is 36.6 Å². The Hall–Kier alpha value is -3.23. The number of aryl methyl sites for hydroxylation is 2. The molecule has 3 heterocycles. The van der Waals surface area contributed by atoms with Crippen LogP contribution in [0.3, 0.4) is 0 Å². The molecule has 0 fully saturated rings. The molecule has 0 aliphatic heterocycles. The number of nitrogens with one attached hydrogen (secondary N) is 3. The summed E-state index contributed by atoms with van der Waals surface area (Å²) >= 11 is 0. The lowest BCUT2D eigenvalue weighted by molar-refractivity contribution is 0.252. The number of anilines is 2. The molecule has 0 aromatic carbocycles. The van der Waals surface area contributed by atoms with Crippen LogP contribution >= 0.6 is 0 Å². The normalized spacial score (nSPS) is 10.7. The second-order valence-corrected chi connectivity index (χ2v) is 6.21. The van der Waals surface area contributed by atoms with Crippen molar-refractivity contribution < 1.29 is 4.79 Å². The maximum Gasteiger partial charge on any atom is 0.319 e. The predicted molar refractivity (Wildman–Crippen MR) is 104 cm³/mol. The lowest BCUT2D eigenvalue weighted by Gasteiger charge is -2.10. The van der Waals surface area contributed by atoms with Crippen molar-refractivity contribution in [2.75, 3.05) is 23.7 Å². The van der Waals surface area contributed by atoms with Crippen molar-refractivity contribution in [3.05, 3.63) is 42.2 Å². The van der Waals surface area contributed by atoms with E-state index in [1.165, 1.54) is 0 Å². The zero-order valence-electron chi connectivity index (χ0n) is 15.6. The molecule has 0 aliphatic carbocycles. The molecule has 0 aliphatic rings. The molecule has 0 radical (unpaired) electrons. The first-order valence-electron chi connectivity index (χ1n) is 9.07. The number of carbonyl (C=O) groups excluding carboxylic acids is 1. The third-order valence-electron chi connectivity index (χ3n) is 3.94. The van der Waals surface area contributed by atoms with Crippen LogP contribution < -0.4 is 16.0 Å². The van der Waals surface area contributed by atoms with Gasteiger partial charge in [-0.05, 0) is 25.5 Å². The zero-order valence-corrected chi connectivity index (χ0v) is 15.6. The van der Waals surface area contributed by atoms with Gasteiger partial charge in [0, 0.05) is 37.5 Å². The molecule has 3 N–H and O–H groups in total. The summed E-state index contributed by atoms with van der Waals surface area (Å²) in [5, 5.41) is 16.6. The Labute approximate surface area is 157 Å². The maximum absolute atomic E-state index is 12.1. The Morgan fingerprint density at radius 1 is 1.26 bits per heavy atom. The van der Waals surface area contributed by atoms with Gasteiger partial charge >= 0.3 is 6.03 Å². The Balaban J connectivity index is 1.46. The van der Waals surface area contributed by atoms with Crippen molar-refractivity contribution in [2.45, 2.75) is 33.1 Å². The number of aromatic nitrogens is 5. The van der Waals surface area contributed by atoms with E-state index in [-0.39, 0.29) is 6.03 Å². The smallest absolute Gasteiger partial charge is 0.319 e. The van der Waals surface area contributed by atoms with Gasteiger partial charge in [0.2, 0.25) is 0 Å². The highest BCUT2D eigenvalue weighted by Gasteiger charge is 2.07. The summed E-state index contributed by atoms with van der Waals surface area (Å²) in [6.45, 7) is 5.12. The van der Waals surface area contributed by atoms with Crippen molar-refractivity contribution in [1.29, 1.82) is 0 Å². The molecule has 3 aromatic rings. The quantitative estimate of drug-likeness (QED) is 0.527. The number of nitrogens with zero attached hydrogens (tertiary/aromatic N) is 5. The SMILES string of the molecule is CCCCc1nc(C)cc(NCCNC(=O)Nc2cccn3cnnc23)n1. The number of unbranched alkanes of at least 4 members (excludes halogenated alkanes) is 1. The van der Waals surface area contributed by atoms with Crippen LogP contribution in [0.4, 0.5) is 16.3 Å². The van der Waals surface area contributed by atoms with Gasteiger partial charge in [-0.1, -0.05) is 13.3 Å². The van der Waals surface area contributed by atoms with Gasteiger partial charge in [-0.15, -0.1) is 10.2 Å². The third kappa shape index (κ3) is 5.13. The Morgan fingerprint density at radius 2 is 2.15 bits per heavy atom. The number of rotatable bonds is 8. The molecule has 0 saturated carbocycles. The standard InChI is InChI=1S/C18H24N8O/c1-3-4-7-15-22-13(2)11-16(24-15)19-8-9-20-18(27)23-14-6-5-10-26-12-21-25-17(14)26/h5-6,10-12H,3-4,7-9H2,1-2H3,(H,19,22,24)(H2,20,23,27). The fourth-order valence-electron chi connectivity index (χ4n) is 2.65. The van der Waals surface area contributed by atoms with Crippen molar-refractivity contribution >= 4 is 23.2 Å². The topological polar surface area (TPSA) is 109 Å². The first-order valence-corrected chi connectivity index (χ1v) is 9.07. The molecular formula is C18H24N8O. The van der Waals surface area contributed by atoms with Gasteiger partial charge in [0.1, 0.15) is 18.0 Å². The molecule has 0 bridgehead atoms.